The van der Waals surface area contributed by atoms with Crippen molar-refractivity contribution in [2.24, 2.45) is 0 Å². The Morgan fingerprint density at radius 1 is 1.32 bits per heavy atom. The summed E-state index contributed by atoms with van der Waals surface area (Å²) in [7, 11) is 0. The van der Waals surface area contributed by atoms with Gasteiger partial charge in [0.1, 0.15) is 0 Å². The van der Waals surface area contributed by atoms with Gasteiger partial charge in [0, 0.05) is 23.2 Å². The van der Waals surface area contributed by atoms with E-state index in [1.807, 2.05) is 19.1 Å². The number of aromatic nitrogens is 1. The molecule has 0 bridgehead atoms. The Kier molecular flexibility index (Phi) is 3.77. The Hall–Kier alpha value is -2.10. The van der Waals surface area contributed by atoms with Crippen LogP contribution in [0.5, 0.6) is 0 Å². The van der Waals surface area contributed by atoms with Crippen molar-refractivity contribution >= 4 is 22.7 Å². The number of carbonyl (C=O) groups excluding carboxylic acids is 2. The highest BCUT2D eigenvalue weighted by molar-refractivity contribution is 6.01. The maximum absolute atomic E-state index is 11.9. The minimum Gasteiger partial charge on any atom is -0.466 e. The summed E-state index contributed by atoms with van der Waals surface area (Å²) in [5.74, 6) is -0.144. The van der Waals surface area contributed by atoms with Crippen molar-refractivity contribution in [3.05, 3.63) is 34.5 Å². The maximum Gasteiger partial charge on any atom is 0.310 e. The van der Waals surface area contributed by atoms with Gasteiger partial charge in [0.25, 0.3) is 0 Å². The summed E-state index contributed by atoms with van der Waals surface area (Å²) >= 11 is 0. The van der Waals surface area contributed by atoms with Gasteiger partial charge in [-0.1, -0.05) is 0 Å². The number of hydrogen-bond donors (Lipinski definition) is 0. The number of ether oxygens (including phenoxy) is 1. The van der Waals surface area contributed by atoms with E-state index in [2.05, 4.69) is 11.5 Å². The molecule has 22 heavy (non-hydrogen) atoms. The Morgan fingerprint density at radius 3 is 2.77 bits per heavy atom. The molecule has 1 aliphatic rings. The summed E-state index contributed by atoms with van der Waals surface area (Å²) < 4.78 is 7.39. The summed E-state index contributed by atoms with van der Waals surface area (Å²) in [4.78, 5) is 23.7. The van der Waals surface area contributed by atoms with Crippen LogP contribution in [-0.2, 0) is 28.9 Å². The largest absolute Gasteiger partial charge is 0.466 e. The third-order valence-electron chi connectivity index (χ3n) is 4.49. The number of nitrogens with zero attached hydrogens (tertiary/aromatic N) is 1. The quantitative estimate of drug-likeness (QED) is 0.643. The Balaban J connectivity index is 2.21. The number of hydrogen-bond acceptors (Lipinski definition) is 3. The van der Waals surface area contributed by atoms with Crippen LogP contribution < -0.4 is 0 Å². The molecule has 0 amide bonds. The van der Waals surface area contributed by atoms with Crippen molar-refractivity contribution in [1.29, 1.82) is 0 Å². The van der Waals surface area contributed by atoms with Crippen LogP contribution in [0.25, 0.3) is 10.9 Å². The lowest BCUT2D eigenvalue weighted by Gasteiger charge is -2.17. The first kappa shape index (κ1) is 14.8. The molecule has 0 saturated heterocycles. The number of benzene rings is 1. The normalized spacial score (nSPS) is 13.4. The molecule has 1 aromatic heterocycles. The highest BCUT2D eigenvalue weighted by Crippen LogP contribution is 2.34. The second kappa shape index (κ2) is 5.59. The highest BCUT2D eigenvalue weighted by Gasteiger charge is 2.23. The second-order valence-electron chi connectivity index (χ2n) is 5.89. The fraction of sp³-hybridized carbons (Fsp3) is 0.444. The van der Waals surface area contributed by atoms with Crippen molar-refractivity contribution in [3.8, 4) is 0 Å². The van der Waals surface area contributed by atoms with E-state index in [1.54, 1.807) is 6.92 Å². The molecule has 4 heteroatoms. The molecule has 0 fully saturated rings. The summed E-state index contributed by atoms with van der Waals surface area (Å²) in [6.07, 6.45) is 2.32. The zero-order chi connectivity index (χ0) is 15.9. The molecule has 4 nitrogen and oxygen atoms in total. The highest BCUT2D eigenvalue weighted by atomic mass is 16.5. The molecule has 116 valence electrons. The molecule has 3 rings (SSSR count). The molecule has 2 aromatic rings. The SMILES string of the molecule is CCOC(=O)Cc1c(C)n2c3c(cc(C(C)=O)cc13)CCC2. The van der Waals surface area contributed by atoms with E-state index in [0.717, 1.165) is 41.6 Å². The first-order valence-electron chi connectivity index (χ1n) is 7.84. The van der Waals surface area contributed by atoms with Crippen LogP contribution in [0.15, 0.2) is 12.1 Å². The first-order valence-corrected chi connectivity index (χ1v) is 7.84. The molecule has 0 unspecified atom stereocenters. The lowest BCUT2D eigenvalue weighted by atomic mass is 9.97. The third-order valence-corrected chi connectivity index (χ3v) is 4.49. The van der Waals surface area contributed by atoms with Crippen molar-refractivity contribution in [2.75, 3.05) is 6.61 Å². The van der Waals surface area contributed by atoms with Gasteiger partial charge < -0.3 is 9.30 Å². The Bertz CT molecular complexity index is 770. The van der Waals surface area contributed by atoms with E-state index < -0.39 is 0 Å². The molecule has 0 saturated carbocycles. The van der Waals surface area contributed by atoms with Crippen molar-refractivity contribution in [2.45, 2.75) is 46.6 Å². The second-order valence-corrected chi connectivity index (χ2v) is 5.89. The Morgan fingerprint density at radius 2 is 2.09 bits per heavy atom. The van der Waals surface area contributed by atoms with Gasteiger partial charge in [-0.15, -0.1) is 0 Å². The number of Topliss-reactive ketones (excluding diaryl/α,β-unsaturated/α-hetero) is 1. The van der Waals surface area contributed by atoms with Gasteiger partial charge >= 0.3 is 5.97 Å². The van der Waals surface area contributed by atoms with E-state index in [0.29, 0.717) is 6.61 Å². The Labute approximate surface area is 130 Å². The zero-order valence-electron chi connectivity index (χ0n) is 13.4. The van der Waals surface area contributed by atoms with Gasteiger partial charge in [0.15, 0.2) is 5.78 Å². The van der Waals surface area contributed by atoms with Crippen LogP contribution in [0.1, 0.15) is 47.4 Å². The van der Waals surface area contributed by atoms with E-state index in [4.69, 9.17) is 4.74 Å². The fourth-order valence-electron chi connectivity index (χ4n) is 3.45. The number of ketones is 1. The molecule has 0 radical (unpaired) electrons. The predicted molar refractivity (Wildman–Crippen MR) is 85.3 cm³/mol. The third kappa shape index (κ3) is 2.32. The molecular formula is C18H21NO3. The zero-order valence-corrected chi connectivity index (χ0v) is 13.4. The molecule has 0 atom stereocenters. The summed E-state index contributed by atoms with van der Waals surface area (Å²) in [6, 6.07) is 3.94. The van der Waals surface area contributed by atoms with E-state index in [9.17, 15) is 9.59 Å². The van der Waals surface area contributed by atoms with Gasteiger partial charge in [-0.25, -0.2) is 0 Å². The van der Waals surface area contributed by atoms with Gasteiger partial charge in [-0.2, -0.15) is 0 Å². The number of aryl methyl sites for hydroxylation is 2. The van der Waals surface area contributed by atoms with Gasteiger partial charge in [0.05, 0.1) is 18.5 Å². The van der Waals surface area contributed by atoms with E-state index in [1.165, 1.54) is 11.1 Å². The smallest absolute Gasteiger partial charge is 0.310 e. The standard InChI is InChI=1S/C18H21NO3/c1-4-22-17(21)10-15-11(2)19-7-5-6-13-8-14(12(3)20)9-16(15)18(13)19/h8-9H,4-7,10H2,1-3H3. The monoisotopic (exact) mass is 299 g/mol. The number of rotatable bonds is 4. The average Bonchev–Trinajstić information content (AvgIpc) is 2.75. The van der Waals surface area contributed by atoms with Crippen LogP contribution in [-0.4, -0.2) is 22.9 Å². The summed E-state index contributed by atoms with van der Waals surface area (Å²) in [5, 5.41) is 1.04. The van der Waals surface area contributed by atoms with Crippen LogP contribution in [0.3, 0.4) is 0 Å². The predicted octanol–water partition coefficient (Wildman–Crippen LogP) is 3.20. The lowest BCUT2D eigenvalue weighted by Crippen LogP contribution is -2.10. The first-order chi connectivity index (χ1) is 10.5. The molecule has 0 aliphatic carbocycles. The van der Waals surface area contributed by atoms with E-state index >= 15 is 0 Å². The molecule has 1 aliphatic heterocycles. The fourth-order valence-corrected chi connectivity index (χ4v) is 3.45. The maximum atomic E-state index is 11.9. The molecule has 0 N–H and O–H groups in total. The molecular weight excluding hydrogens is 278 g/mol. The average molecular weight is 299 g/mol. The lowest BCUT2D eigenvalue weighted by molar-refractivity contribution is -0.142. The number of esters is 1. The molecule has 2 heterocycles. The van der Waals surface area contributed by atoms with Crippen molar-refractivity contribution in [1.82, 2.24) is 4.57 Å². The van der Waals surface area contributed by atoms with Crippen molar-refractivity contribution < 1.29 is 14.3 Å². The van der Waals surface area contributed by atoms with Gasteiger partial charge in [-0.05, 0) is 56.9 Å². The molecule has 1 aromatic carbocycles. The molecule has 0 spiro atoms. The van der Waals surface area contributed by atoms with E-state index in [-0.39, 0.29) is 18.2 Å². The number of carbonyl (C=O) groups is 2. The summed E-state index contributed by atoms with van der Waals surface area (Å²) in [6.45, 7) is 6.81. The van der Waals surface area contributed by atoms with Crippen LogP contribution >= 0.6 is 0 Å². The van der Waals surface area contributed by atoms with Gasteiger partial charge in [0.2, 0.25) is 0 Å². The summed E-state index contributed by atoms with van der Waals surface area (Å²) in [5.41, 5.74) is 5.25. The van der Waals surface area contributed by atoms with Crippen molar-refractivity contribution in [3.63, 3.8) is 0 Å². The van der Waals surface area contributed by atoms with Crippen LogP contribution in [0, 0.1) is 6.92 Å². The van der Waals surface area contributed by atoms with Gasteiger partial charge in [-0.3, -0.25) is 9.59 Å². The minimum atomic E-state index is -0.210. The topological polar surface area (TPSA) is 48.3 Å². The minimum absolute atomic E-state index is 0.0659. The van der Waals surface area contributed by atoms with Crippen LogP contribution in [0.2, 0.25) is 0 Å². The van der Waals surface area contributed by atoms with Crippen LogP contribution in [0.4, 0.5) is 0 Å².